The van der Waals surface area contributed by atoms with Gasteiger partial charge < -0.3 is 4.57 Å². The molecule has 1 fully saturated rings. The molecule has 1 aliphatic heterocycles. The molecular formula is C23H22FN3OS. The average Bonchev–Trinajstić information content (AvgIpc) is 3.22. The minimum Gasteiger partial charge on any atom is -0.344 e. The summed E-state index contributed by atoms with van der Waals surface area (Å²) in [5.74, 6) is -0.363. The first-order valence-electron chi connectivity index (χ1n) is 9.63. The van der Waals surface area contributed by atoms with E-state index in [2.05, 4.69) is 41.7 Å². The Morgan fingerprint density at radius 2 is 1.86 bits per heavy atom. The molecule has 0 N–H and O–H groups in total. The van der Waals surface area contributed by atoms with E-state index in [1.54, 1.807) is 17.0 Å². The van der Waals surface area contributed by atoms with Gasteiger partial charge >= 0.3 is 0 Å². The summed E-state index contributed by atoms with van der Waals surface area (Å²) >= 11 is 1.36. The molecular weight excluding hydrogens is 385 g/mol. The van der Waals surface area contributed by atoms with Crippen molar-refractivity contribution in [1.82, 2.24) is 9.47 Å². The van der Waals surface area contributed by atoms with Crippen molar-refractivity contribution in [2.75, 3.05) is 6.54 Å². The summed E-state index contributed by atoms with van der Waals surface area (Å²) in [6.07, 6.45) is 4.05. The maximum absolute atomic E-state index is 13.2. The van der Waals surface area contributed by atoms with Gasteiger partial charge in [-0.15, -0.1) is 0 Å². The second-order valence-electron chi connectivity index (χ2n) is 7.13. The molecule has 0 bridgehead atoms. The molecule has 0 atom stereocenters. The number of carbonyl (C=O) groups is 1. The fourth-order valence-corrected chi connectivity index (χ4v) is 4.46. The lowest BCUT2D eigenvalue weighted by molar-refractivity contribution is -0.122. The van der Waals surface area contributed by atoms with Crippen LogP contribution in [0, 0.1) is 5.82 Å². The van der Waals surface area contributed by atoms with E-state index in [1.165, 1.54) is 23.9 Å². The fourth-order valence-electron chi connectivity index (χ4n) is 3.41. The molecule has 2 aromatic carbocycles. The molecule has 1 aliphatic rings. The maximum atomic E-state index is 13.2. The van der Waals surface area contributed by atoms with Crippen molar-refractivity contribution < 1.29 is 9.18 Å². The maximum Gasteiger partial charge on any atom is 0.266 e. The number of thioether (sulfide) groups is 1. The van der Waals surface area contributed by atoms with Crippen LogP contribution < -0.4 is 0 Å². The Hall–Kier alpha value is -2.86. The van der Waals surface area contributed by atoms with Crippen molar-refractivity contribution in [1.29, 1.82) is 0 Å². The van der Waals surface area contributed by atoms with Crippen molar-refractivity contribution in [2.24, 2.45) is 4.99 Å². The summed E-state index contributed by atoms with van der Waals surface area (Å²) in [6, 6.07) is 14.5. The van der Waals surface area contributed by atoms with Crippen molar-refractivity contribution >= 4 is 45.5 Å². The number of nitrogens with zero attached hydrogens (tertiary/aromatic N) is 3. The SMILES string of the molecule is CCN1C(=O)/C(=C\c2cn(C(C)C)c3ccccc23)SC1=Nc1ccc(F)cc1. The molecule has 148 valence electrons. The van der Waals surface area contributed by atoms with Gasteiger partial charge in [-0.2, -0.15) is 0 Å². The number of para-hydroxylation sites is 1. The third-order valence-electron chi connectivity index (χ3n) is 4.87. The standard InChI is InChI=1S/C23H22FN3OS/c1-4-26-22(28)21(29-23(26)25-18-11-9-17(24)10-12-18)13-16-14-27(15(2)3)20-8-6-5-7-19(16)20/h5-15H,4H2,1-3H3/b21-13+,25-23?. The highest BCUT2D eigenvalue weighted by Gasteiger charge is 2.32. The summed E-state index contributed by atoms with van der Waals surface area (Å²) in [7, 11) is 0. The molecule has 0 radical (unpaired) electrons. The second-order valence-corrected chi connectivity index (χ2v) is 8.14. The lowest BCUT2D eigenvalue weighted by atomic mass is 10.1. The normalized spacial score (nSPS) is 17.4. The topological polar surface area (TPSA) is 37.6 Å². The van der Waals surface area contributed by atoms with Crippen LogP contribution in [0.3, 0.4) is 0 Å². The Morgan fingerprint density at radius 1 is 1.14 bits per heavy atom. The zero-order valence-corrected chi connectivity index (χ0v) is 17.4. The van der Waals surface area contributed by atoms with E-state index in [1.807, 2.05) is 25.1 Å². The molecule has 3 aromatic rings. The Kier molecular flexibility index (Phi) is 5.28. The second kappa shape index (κ2) is 7.87. The van der Waals surface area contributed by atoms with E-state index in [0.29, 0.717) is 28.3 Å². The summed E-state index contributed by atoms with van der Waals surface area (Å²) < 4.78 is 15.4. The molecule has 0 aliphatic carbocycles. The Morgan fingerprint density at radius 3 is 2.55 bits per heavy atom. The molecule has 1 aromatic heterocycles. The third kappa shape index (κ3) is 3.72. The molecule has 1 saturated heterocycles. The third-order valence-corrected chi connectivity index (χ3v) is 5.88. The minimum absolute atomic E-state index is 0.0558. The number of rotatable bonds is 4. The number of hydrogen-bond donors (Lipinski definition) is 0. The van der Waals surface area contributed by atoms with Gasteiger partial charge in [0.2, 0.25) is 0 Å². The van der Waals surface area contributed by atoms with Gasteiger partial charge in [-0.1, -0.05) is 18.2 Å². The highest BCUT2D eigenvalue weighted by molar-refractivity contribution is 8.18. The molecule has 4 rings (SSSR count). The number of halogens is 1. The molecule has 2 heterocycles. The largest absolute Gasteiger partial charge is 0.344 e. The average molecular weight is 408 g/mol. The fraction of sp³-hybridized carbons (Fsp3) is 0.217. The van der Waals surface area contributed by atoms with Crippen LogP contribution in [-0.4, -0.2) is 27.1 Å². The number of aliphatic imine (C=N–C) groups is 1. The molecule has 1 amide bonds. The van der Waals surface area contributed by atoms with Crippen LogP contribution in [-0.2, 0) is 4.79 Å². The van der Waals surface area contributed by atoms with Gasteiger partial charge in [-0.3, -0.25) is 9.69 Å². The summed E-state index contributed by atoms with van der Waals surface area (Å²) in [6.45, 7) is 6.74. The van der Waals surface area contributed by atoms with Crippen LogP contribution in [0.2, 0.25) is 0 Å². The van der Waals surface area contributed by atoms with Gasteiger partial charge in [0.1, 0.15) is 5.82 Å². The van der Waals surface area contributed by atoms with E-state index >= 15 is 0 Å². The predicted molar refractivity (Wildman–Crippen MR) is 119 cm³/mol. The van der Waals surface area contributed by atoms with E-state index in [9.17, 15) is 9.18 Å². The van der Waals surface area contributed by atoms with Gasteiger partial charge in [0.05, 0.1) is 10.6 Å². The highest BCUT2D eigenvalue weighted by atomic mass is 32.2. The summed E-state index contributed by atoms with van der Waals surface area (Å²) in [4.78, 5) is 19.8. The van der Waals surface area contributed by atoms with Crippen molar-refractivity contribution in [3.05, 3.63) is 71.0 Å². The molecule has 0 unspecified atom stereocenters. The number of amides is 1. The molecule has 0 saturated carbocycles. The quantitative estimate of drug-likeness (QED) is 0.499. The first kappa shape index (κ1) is 19.5. The van der Waals surface area contributed by atoms with Gasteiger partial charge in [0, 0.05) is 35.2 Å². The Balaban J connectivity index is 1.74. The first-order chi connectivity index (χ1) is 14.0. The first-order valence-corrected chi connectivity index (χ1v) is 10.4. The number of aromatic nitrogens is 1. The number of fused-ring (bicyclic) bond motifs is 1. The van der Waals surface area contributed by atoms with Crippen molar-refractivity contribution in [2.45, 2.75) is 26.8 Å². The number of amidine groups is 1. The zero-order chi connectivity index (χ0) is 20.5. The zero-order valence-electron chi connectivity index (χ0n) is 16.6. The lowest BCUT2D eigenvalue weighted by Gasteiger charge is -2.11. The predicted octanol–water partition coefficient (Wildman–Crippen LogP) is 5.99. The van der Waals surface area contributed by atoms with Crippen LogP contribution in [0.5, 0.6) is 0 Å². The summed E-state index contributed by atoms with van der Waals surface area (Å²) in [5.41, 5.74) is 2.79. The van der Waals surface area contributed by atoms with Crippen molar-refractivity contribution in [3.8, 4) is 0 Å². The smallest absolute Gasteiger partial charge is 0.266 e. The van der Waals surface area contributed by atoms with E-state index in [4.69, 9.17) is 0 Å². The molecule has 0 spiro atoms. The molecule has 29 heavy (non-hydrogen) atoms. The van der Waals surface area contributed by atoms with E-state index in [-0.39, 0.29) is 11.7 Å². The van der Waals surface area contributed by atoms with Crippen LogP contribution in [0.1, 0.15) is 32.4 Å². The van der Waals surface area contributed by atoms with Gasteiger partial charge in [-0.05, 0) is 68.9 Å². The number of carbonyl (C=O) groups excluding carboxylic acids is 1. The number of likely N-dealkylation sites (N-methyl/N-ethyl adjacent to an activating group) is 1. The van der Waals surface area contributed by atoms with E-state index in [0.717, 1.165) is 16.5 Å². The Labute approximate surface area is 173 Å². The van der Waals surface area contributed by atoms with Crippen molar-refractivity contribution in [3.63, 3.8) is 0 Å². The Bertz CT molecular complexity index is 1130. The lowest BCUT2D eigenvalue weighted by Crippen LogP contribution is -2.28. The van der Waals surface area contributed by atoms with Gasteiger partial charge in [-0.25, -0.2) is 9.38 Å². The van der Waals surface area contributed by atoms with E-state index < -0.39 is 0 Å². The number of benzene rings is 2. The van der Waals surface area contributed by atoms with Crippen LogP contribution in [0.4, 0.5) is 10.1 Å². The molecule has 4 nitrogen and oxygen atoms in total. The monoisotopic (exact) mass is 407 g/mol. The van der Waals surface area contributed by atoms with Crippen LogP contribution in [0.15, 0.2) is 64.6 Å². The minimum atomic E-state index is -0.307. The van der Waals surface area contributed by atoms with Crippen LogP contribution >= 0.6 is 11.8 Å². The highest BCUT2D eigenvalue weighted by Crippen LogP contribution is 2.36. The number of hydrogen-bond acceptors (Lipinski definition) is 3. The summed E-state index contributed by atoms with van der Waals surface area (Å²) in [5, 5.41) is 1.73. The van der Waals surface area contributed by atoms with Crippen LogP contribution in [0.25, 0.3) is 17.0 Å². The van der Waals surface area contributed by atoms with Gasteiger partial charge in [0.15, 0.2) is 5.17 Å². The van der Waals surface area contributed by atoms with Gasteiger partial charge in [0.25, 0.3) is 5.91 Å². The molecule has 6 heteroatoms.